The summed E-state index contributed by atoms with van der Waals surface area (Å²) in [5.41, 5.74) is 0. The maximum Gasteiger partial charge on any atom is 0.522 e. The number of allylic oxidation sites excluding steroid dienone is 2. The molecule has 2 aliphatic carbocycles. The van der Waals surface area contributed by atoms with E-state index in [2.05, 4.69) is 11.7 Å². The van der Waals surface area contributed by atoms with Crippen LogP contribution >= 0.6 is 0 Å². The van der Waals surface area contributed by atoms with E-state index in [0.717, 1.165) is 25.7 Å². The van der Waals surface area contributed by atoms with E-state index in [9.17, 15) is 22.0 Å². The Kier molecular flexibility index (Phi) is 7.08. The number of halogens is 5. The van der Waals surface area contributed by atoms with Crippen molar-refractivity contribution in [3.05, 3.63) is 11.7 Å². The van der Waals surface area contributed by atoms with Gasteiger partial charge in [-0.05, 0) is 57.3 Å². The SMILES string of the molecule is CCCC1CCC(/C(F)=C(\F)C2CCC(OC(F)(F)F)CC2)CC1. The monoisotopic (exact) mass is 354 g/mol. The van der Waals surface area contributed by atoms with E-state index in [0.29, 0.717) is 18.8 Å². The van der Waals surface area contributed by atoms with Crippen LogP contribution in [0.4, 0.5) is 22.0 Å². The lowest BCUT2D eigenvalue weighted by Crippen LogP contribution is -2.28. The van der Waals surface area contributed by atoms with Gasteiger partial charge in [0.15, 0.2) is 0 Å². The van der Waals surface area contributed by atoms with Crippen LogP contribution in [0.15, 0.2) is 11.7 Å². The predicted molar refractivity (Wildman–Crippen MR) is 82.5 cm³/mol. The summed E-state index contributed by atoms with van der Waals surface area (Å²) in [6, 6.07) is 0. The molecule has 0 saturated heterocycles. The molecule has 0 aromatic heterocycles. The third-order valence-electron chi connectivity index (χ3n) is 5.46. The molecule has 140 valence electrons. The molecule has 0 spiro atoms. The highest BCUT2D eigenvalue weighted by atomic mass is 19.4. The van der Waals surface area contributed by atoms with Crippen LogP contribution in [0.3, 0.4) is 0 Å². The van der Waals surface area contributed by atoms with Crippen molar-refractivity contribution in [2.75, 3.05) is 0 Å². The van der Waals surface area contributed by atoms with E-state index in [1.165, 1.54) is 0 Å². The van der Waals surface area contributed by atoms with Gasteiger partial charge in [-0.2, -0.15) is 0 Å². The van der Waals surface area contributed by atoms with Crippen LogP contribution in [0.2, 0.25) is 0 Å². The average molecular weight is 354 g/mol. The molecule has 0 amide bonds. The second-order valence-corrected chi connectivity index (χ2v) is 7.24. The maximum absolute atomic E-state index is 14.4. The van der Waals surface area contributed by atoms with Crippen molar-refractivity contribution in [3.8, 4) is 0 Å². The van der Waals surface area contributed by atoms with Crippen LogP contribution in [0, 0.1) is 17.8 Å². The van der Waals surface area contributed by atoms with Crippen LogP contribution in [0.25, 0.3) is 0 Å². The van der Waals surface area contributed by atoms with Gasteiger partial charge in [-0.3, -0.25) is 4.74 Å². The van der Waals surface area contributed by atoms with Gasteiger partial charge in [-0.25, -0.2) is 8.78 Å². The lowest BCUT2D eigenvalue weighted by Gasteiger charge is -2.30. The number of alkyl halides is 3. The third kappa shape index (κ3) is 5.71. The molecule has 2 aliphatic rings. The molecule has 0 bridgehead atoms. The Bertz CT molecular complexity index is 416. The Balaban J connectivity index is 1.85. The van der Waals surface area contributed by atoms with Crippen molar-refractivity contribution >= 4 is 0 Å². The predicted octanol–water partition coefficient (Wildman–Crippen LogP) is 6.84. The molecule has 0 unspecified atom stereocenters. The Labute approximate surface area is 140 Å². The highest BCUT2D eigenvalue weighted by Gasteiger charge is 2.37. The first-order chi connectivity index (χ1) is 11.3. The molecule has 0 aromatic carbocycles. The molecule has 6 heteroatoms. The van der Waals surface area contributed by atoms with Gasteiger partial charge in [-0.15, -0.1) is 13.2 Å². The zero-order chi connectivity index (χ0) is 17.7. The second-order valence-electron chi connectivity index (χ2n) is 7.24. The molecule has 2 saturated carbocycles. The van der Waals surface area contributed by atoms with Crippen molar-refractivity contribution in [3.63, 3.8) is 0 Å². The van der Waals surface area contributed by atoms with Crippen LogP contribution in [0.5, 0.6) is 0 Å². The van der Waals surface area contributed by atoms with Gasteiger partial charge in [0.25, 0.3) is 0 Å². The third-order valence-corrected chi connectivity index (χ3v) is 5.46. The van der Waals surface area contributed by atoms with Crippen molar-refractivity contribution in [1.29, 1.82) is 0 Å². The van der Waals surface area contributed by atoms with Gasteiger partial charge in [-0.1, -0.05) is 19.8 Å². The van der Waals surface area contributed by atoms with E-state index in [-0.39, 0.29) is 31.6 Å². The fourth-order valence-electron chi connectivity index (χ4n) is 4.13. The summed E-state index contributed by atoms with van der Waals surface area (Å²) in [6.45, 7) is 2.13. The first-order valence-electron chi connectivity index (χ1n) is 9.09. The Morgan fingerprint density at radius 2 is 1.29 bits per heavy atom. The Hall–Kier alpha value is -0.650. The van der Waals surface area contributed by atoms with E-state index in [4.69, 9.17) is 0 Å². The van der Waals surface area contributed by atoms with Gasteiger partial charge in [0.05, 0.1) is 6.10 Å². The van der Waals surface area contributed by atoms with E-state index >= 15 is 0 Å². The average Bonchev–Trinajstić information content (AvgIpc) is 2.54. The summed E-state index contributed by atoms with van der Waals surface area (Å²) in [5.74, 6) is -1.68. The zero-order valence-electron chi connectivity index (χ0n) is 14.2. The fraction of sp³-hybridized carbons (Fsp3) is 0.889. The van der Waals surface area contributed by atoms with Gasteiger partial charge in [0.1, 0.15) is 11.7 Å². The first-order valence-corrected chi connectivity index (χ1v) is 9.09. The number of ether oxygens (including phenoxy) is 1. The van der Waals surface area contributed by atoms with Crippen LogP contribution in [0.1, 0.15) is 71.1 Å². The minimum atomic E-state index is -4.66. The van der Waals surface area contributed by atoms with Gasteiger partial charge in [0.2, 0.25) is 0 Å². The lowest BCUT2D eigenvalue weighted by molar-refractivity contribution is -0.345. The quantitative estimate of drug-likeness (QED) is 0.491. The molecule has 0 aliphatic heterocycles. The van der Waals surface area contributed by atoms with Gasteiger partial charge < -0.3 is 0 Å². The summed E-state index contributed by atoms with van der Waals surface area (Å²) in [7, 11) is 0. The molecule has 1 nitrogen and oxygen atoms in total. The summed E-state index contributed by atoms with van der Waals surface area (Å²) in [5, 5.41) is 0. The fourth-order valence-corrected chi connectivity index (χ4v) is 4.13. The van der Waals surface area contributed by atoms with Crippen molar-refractivity contribution in [2.45, 2.75) is 83.6 Å². The number of hydrogen-bond acceptors (Lipinski definition) is 1. The topological polar surface area (TPSA) is 9.23 Å². The highest BCUT2D eigenvalue weighted by Crippen LogP contribution is 2.41. The summed E-state index contributed by atoms with van der Waals surface area (Å²) < 4.78 is 69.4. The van der Waals surface area contributed by atoms with Crippen molar-refractivity contribution < 1.29 is 26.7 Å². The standard InChI is InChI=1S/C18H27F5O/c1-2-3-12-4-6-13(7-5-12)16(19)17(20)14-8-10-15(11-9-14)24-18(21,22)23/h12-15H,2-11H2,1H3/b17-16+. The summed E-state index contributed by atoms with van der Waals surface area (Å²) >= 11 is 0. The number of hydrogen-bond donors (Lipinski definition) is 0. The first kappa shape index (κ1) is 19.7. The molecular weight excluding hydrogens is 327 g/mol. The van der Waals surface area contributed by atoms with E-state index < -0.39 is 30.0 Å². The molecular formula is C18H27F5O. The lowest BCUT2D eigenvalue weighted by atomic mass is 9.78. The molecule has 24 heavy (non-hydrogen) atoms. The number of rotatable bonds is 5. The molecule has 0 N–H and O–H groups in total. The molecule has 2 rings (SSSR count). The molecule has 0 radical (unpaired) electrons. The van der Waals surface area contributed by atoms with Crippen molar-refractivity contribution in [1.82, 2.24) is 0 Å². The Morgan fingerprint density at radius 1 is 0.833 bits per heavy atom. The second kappa shape index (κ2) is 8.63. The van der Waals surface area contributed by atoms with E-state index in [1.54, 1.807) is 0 Å². The molecule has 0 heterocycles. The normalized spacial score (nSPS) is 33.2. The largest absolute Gasteiger partial charge is 0.522 e. The molecule has 2 fully saturated rings. The minimum absolute atomic E-state index is 0.119. The van der Waals surface area contributed by atoms with Crippen LogP contribution in [-0.2, 0) is 4.74 Å². The van der Waals surface area contributed by atoms with Gasteiger partial charge >= 0.3 is 6.36 Å². The highest BCUT2D eigenvalue weighted by molar-refractivity contribution is 5.09. The zero-order valence-corrected chi connectivity index (χ0v) is 14.2. The summed E-state index contributed by atoms with van der Waals surface area (Å²) in [6.07, 6.45) is 0.562. The maximum atomic E-state index is 14.4. The van der Waals surface area contributed by atoms with Crippen LogP contribution < -0.4 is 0 Å². The summed E-state index contributed by atoms with van der Waals surface area (Å²) in [4.78, 5) is 0. The van der Waals surface area contributed by atoms with Crippen molar-refractivity contribution in [2.24, 2.45) is 17.8 Å². The van der Waals surface area contributed by atoms with Crippen LogP contribution in [-0.4, -0.2) is 12.5 Å². The smallest absolute Gasteiger partial charge is 0.289 e. The minimum Gasteiger partial charge on any atom is -0.289 e. The Morgan fingerprint density at radius 3 is 1.71 bits per heavy atom. The van der Waals surface area contributed by atoms with Gasteiger partial charge in [0, 0.05) is 11.8 Å². The molecule has 0 atom stereocenters. The molecule has 0 aromatic rings. The van der Waals surface area contributed by atoms with E-state index in [1.807, 2.05) is 0 Å².